The molecule has 1 saturated carbocycles. The molecule has 1 aromatic rings. The standard InChI is InChI=1S/C15H25N3/c16-18-15(12-13-8-10-17-11-9-13)14-6-4-2-1-3-5-7-14/h8-11,14-15,18H,1-7,12,16H2. The molecule has 0 bridgehead atoms. The van der Waals surface area contributed by atoms with Crippen LogP contribution in [0.1, 0.15) is 50.5 Å². The molecular formula is C15H25N3. The van der Waals surface area contributed by atoms with Gasteiger partial charge in [0.25, 0.3) is 0 Å². The molecule has 3 nitrogen and oxygen atoms in total. The van der Waals surface area contributed by atoms with Crippen LogP contribution in [0.4, 0.5) is 0 Å². The van der Waals surface area contributed by atoms with Crippen molar-refractivity contribution < 1.29 is 0 Å². The third-order valence-corrected chi connectivity index (χ3v) is 4.14. The smallest absolute Gasteiger partial charge is 0.0279 e. The Morgan fingerprint density at radius 1 is 1.11 bits per heavy atom. The minimum atomic E-state index is 0.408. The van der Waals surface area contributed by atoms with E-state index < -0.39 is 0 Å². The van der Waals surface area contributed by atoms with Gasteiger partial charge in [0.1, 0.15) is 0 Å². The average Bonchev–Trinajstić information content (AvgIpc) is 2.37. The normalized spacial score (nSPS) is 20.1. The van der Waals surface area contributed by atoms with Crippen molar-refractivity contribution in [3.63, 3.8) is 0 Å². The molecule has 1 aliphatic rings. The molecule has 18 heavy (non-hydrogen) atoms. The Labute approximate surface area is 110 Å². The van der Waals surface area contributed by atoms with Crippen molar-refractivity contribution in [2.75, 3.05) is 0 Å². The predicted octanol–water partition coefficient (Wildman–Crippen LogP) is 2.82. The molecule has 0 amide bonds. The molecule has 1 atom stereocenters. The van der Waals surface area contributed by atoms with Gasteiger partial charge in [-0.25, -0.2) is 0 Å². The van der Waals surface area contributed by atoms with E-state index in [0.29, 0.717) is 6.04 Å². The SMILES string of the molecule is NNC(Cc1ccncc1)C1CCCCCCC1. The Hall–Kier alpha value is -0.930. The van der Waals surface area contributed by atoms with Crippen molar-refractivity contribution in [3.8, 4) is 0 Å². The van der Waals surface area contributed by atoms with Gasteiger partial charge in [-0.3, -0.25) is 16.3 Å². The third-order valence-electron chi connectivity index (χ3n) is 4.14. The Bertz CT molecular complexity index is 318. The lowest BCUT2D eigenvalue weighted by Gasteiger charge is -2.28. The maximum atomic E-state index is 5.78. The second-order valence-corrected chi connectivity index (χ2v) is 5.44. The molecule has 1 aliphatic carbocycles. The number of nitrogens with one attached hydrogen (secondary N) is 1. The summed E-state index contributed by atoms with van der Waals surface area (Å²) in [7, 11) is 0. The van der Waals surface area contributed by atoms with Crippen LogP contribution in [0.2, 0.25) is 0 Å². The summed E-state index contributed by atoms with van der Waals surface area (Å²) in [5.41, 5.74) is 4.38. The number of aromatic nitrogens is 1. The highest BCUT2D eigenvalue weighted by Crippen LogP contribution is 2.26. The second-order valence-electron chi connectivity index (χ2n) is 5.44. The van der Waals surface area contributed by atoms with E-state index in [-0.39, 0.29) is 0 Å². The zero-order chi connectivity index (χ0) is 12.6. The first-order valence-corrected chi connectivity index (χ1v) is 7.25. The highest BCUT2D eigenvalue weighted by molar-refractivity contribution is 5.11. The van der Waals surface area contributed by atoms with Gasteiger partial charge in [-0.1, -0.05) is 32.1 Å². The zero-order valence-electron chi connectivity index (χ0n) is 11.1. The maximum Gasteiger partial charge on any atom is 0.0279 e. The van der Waals surface area contributed by atoms with E-state index in [9.17, 15) is 0 Å². The fourth-order valence-electron chi connectivity index (χ4n) is 3.02. The number of nitrogens with two attached hydrogens (primary N) is 1. The summed E-state index contributed by atoms with van der Waals surface area (Å²) < 4.78 is 0. The summed E-state index contributed by atoms with van der Waals surface area (Å²) in [6, 6.07) is 4.59. The molecule has 1 heterocycles. The molecular weight excluding hydrogens is 222 g/mol. The average molecular weight is 247 g/mol. The van der Waals surface area contributed by atoms with Gasteiger partial charge in [-0.15, -0.1) is 0 Å². The second kappa shape index (κ2) is 7.49. The first-order valence-electron chi connectivity index (χ1n) is 7.25. The lowest BCUT2D eigenvalue weighted by atomic mass is 9.84. The Balaban J connectivity index is 1.93. The molecule has 2 rings (SSSR count). The monoisotopic (exact) mass is 247 g/mol. The Morgan fingerprint density at radius 2 is 1.72 bits per heavy atom. The lowest BCUT2D eigenvalue weighted by molar-refractivity contribution is 0.285. The van der Waals surface area contributed by atoms with E-state index in [1.807, 2.05) is 12.4 Å². The van der Waals surface area contributed by atoms with Crippen molar-refractivity contribution in [3.05, 3.63) is 30.1 Å². The number of hydrogen-bond acceptors (Lipinski definition) is 3. The van der Waals surface area contributed by atoms with Gasteiger partial charge in [0.05, 0.1) is 0 Å². The highest BCUT2D eigenvalue weighted by atomic mass is 15.2. The molecule has 3 N–H and O–H groups in total. The molecule has 0 aliphatic heterocycles. The van der Waals surface area contributed by atoms with Gasteiger partial charge < -0.3 is 0 Å². The topological polar surface area (TPSA) is 50.9 Å². The summed E-state index contributed by atoms with van der Waals surface area (Å²) >= 11 is 0. The van der Waals surface area contributed by atoms with Crippen LogP contribution in [-0.4, -0.2) is 11.0 Å². The molecule has 3 heteroatoms. The van der Waals surface area contributed by atoms with E-state index in [2.05, 4.69) is 22.5 Å². The molecule has 0 saturated heterocycles. The summed E-state index contributed by atoms with van der Waals surface area (Å²) in [6.45, 7) is 0. The van der Waals surface area contributed by atoms with Crippen molar-refractivity contribution in [1.82, 2.24) is 10.4 Å². The number of pyridine rings is 1. The summed E-state index contributed by atoms with van der Waals surface area (Å²) in [5, 5.41) is 0. The van der Waals surface area contributed by atoms with Crippen LogP contribution < -0.4 is 11.3 Å². The molecule has 1 fully saturated rings. The third kappa shape index (κ3) is 4.07. The van der Waals surface area contributed by atoms with Crippen LogP contribution >= 0.6 is 0 Å². The molecule has 100 valence electrons. The van der Waals surface area contributed by atoms with Crippen LogP contribution in [0.25, 0.3) is 0 Å². The van der Waals surface area contributed by atoms with Crippen LogP contribution in [-0.2, 0) is 6.42 Å². The van der Waals surface area contributed by atoms with Crippen molar-refractivity contribution in [2.24, 2.45) is 11.8 Å². The zero-order valence-corrected chi connectivity index (χ0v) is 11.1. The van der Waals surface area contributed by atoms with E-state index in [1.165, 1.54) is 50.5 Å². The molecule has 1 aromatic heterocycles. The van der Waals surface area contributed by atoms with Crippen LogP contribution in [0, 0.1) is 5.92 Å². The van der Waals surface area contributed by atoms with Crippen LogP contribution in [0.5, 0.6) is 0 Å². The summed E-state index contributed by atoms with van der Waals surface area (Å²) in [4.78, 5) is 4.07. The molecule has 0 spiro atoms. The molecule has 1 unspecified atom stereocenters. The number of hydrazine groups is 1. The highest BCUT2D eigenvalue weighted by Gasteiger charge is 2.21. The van der Waals surface area contributed by atoms with Crippen LogP contribution in [0.3, 0.4) is 0 Å². The van der Waals surface area contributed by atoms with E-state index >= 15 is 0 Å². The first-order chi connectivity index (χ1) is 8.90. The minimum absolute atomic E-state index is 0.408. The lowest BCUT2D eigenvalue weighted by Crippen LogP contribution is -2.42. The molecule has 0 aromatic carbocycles. The fourth-order valence-corrected chi connectivity index (χ4v) is 3.02. The Morgan fingerprint density at radius 3 is 2.33 bits per heavy atom. The minimum Gasteiger partial charge on any atom is -0.271 e. The molecule has 0 radical (unpaired) electrons. The van der Waals surface area contributed by atoms with Gasteiger partial charge in [-0.05, 0) is 42.9 Å². The van der Waals surface area contributed by atoms with Gasteiger partial charge in [0.2, 0.25) is 0 Å². The number of nitrogens with zero attached hydrogens (tertiary/aromatic N) is 1. The number of hydrogen-bond donors (Lipinski definition) is 2. The van der Waals surface area contributed by atoms with Crippen molar-refractivity contribution in [1.29, 1.82) is 0 Å². The Kier molecular flexibility index (Phi) is 5.62. The maximum absolute atomic E-state index is 5.78. The van der Waals surface area contributed by atoms with E-state index in [1.54, 1.807) is 0 Å². The van der Waals surface area contributed by atoms with Gasteiger partial charge in [-0.2, -0.15) is 0 Å². The van der Waals surface area contributed by atoms with E-state index in [4.69, 9.17) is 5.84 Å². The van der Waals surface area contributed by atoms with Gasteiger partial charge in [0.15, 0.2) is 0 Å². The van der Waals surface area contributed by atoms with Crippen molar-refractivity contribution >= 4 is 0 Å². The van der Waals surface area contributed by atoms with Gasteiger partial charge in [0, 0.05) is 18.4 Å². The number of rotatable bonds is 4. The predicted molar refractivity (Wildman–Crippen MR) is 74.9 cm³/mol. The fraction of sp³-hybridized carbons (Fsp3) is 0.667. The largest absolute Gasteiger partial charge is 0.271 e. The van der Waals surface area contributed by atoms with Gasteiger partial charge >= 0.3 is 0 Å². The van der Waals surface area contributed by atoms with Crippen LogP contribution in [0.15, 0.2) is 24.5 Å². The quantitative estimate of drug-likeness (QED) is 0.635. The summed E-state index contributed by atoms with van der Waals surface area (Å²) in [5.74, 6) is 6.50. The van der Waals surface area contributed by atoms with Crippen molar-refractivity contribution in [2.45, 2.75) is 57.4 Å². The first kappa shape index (κ1) is 13.5. The van der Waals surface area contributed by atoms with E-state index in [0.717, 1.165) is 12.3 Å². The summed E-state index contributed by atoms with van der Waals surface area (Å²) in [6.07, 6.45) is 14.3.